The summed E-state index contributed by atoms with van der Waals surface area (Å²) < 4.78 is 22.6. The number of aryl methyl sites for hydroxylation is 1. The van der Waals surface area contributed by atoms with Crippen LogP contribution in [0.25, 0.3) is 11.5 Å². The Morgan fingerprint density at radius 2 is 2.08 bits per heavy atom. The lowest BCUT2D eigenvalue weighted by Crippen LogP contribution is -2.31. The van der Waals surface area contributed by atoms with Gasteiger partial charge in [-0.25, -0.2) is 4.98 Å². The van der Waals surface area contributed by atoms with Crippen molar-refractivity contribution >= 4 is 28.3 Å². The third-order valence-corrected chi connectivity index (χ3v) is 4.63. The van der Waals surface area contributed by atoms with Crippen molar-refractivity contribution in [2.75, 3.05) is 26.0 Å². The molecule has 0 unspecified atom stereocenters. The molecule has 0 bridgehead atoms. The lowest BCUT2D eigenvalue weighted by atomic mass is 10.2. The molecule has 0 aliphatic heterocycles. The smallest absolute Gasteiger partial charge is 0.232 e. The number of aromatic nitrogens is 1. The van der Waals surface area contributed by atoms with Gasteiger partial charge in [0, 0.05) is 35.0 Å². The van der Waals surface area contributed by atoms with Crippen LogP contribution in [0.4, 0.5) is 0 Å². The number of benzene rings is 1. The number of hydrogen-bond donors (Lipinski definition) is 1. The standard InChI is InChI=1S/C16H19ClN2O4S/c1-11-14(9-24(21)10-15(20)18-7-8-22-2)19-16(23-11)12-3-5-13(17)6-4-12/h3-6H,7-10H2,1-2H3,(H,18,20)/t24-/m1/s1. The zero-order valence-electron chi connectivity index (χ0n) is 13.5. The maximum absolute atomic E-state index is 12.1. The Hall–Kier alpha value is -1.70. The molecule has 1 heterocycles. The van der Waals surface area contributed by atoms with Crippen LogP contribution in [0.2, 0.25) is 5.02 Å². The van der Waals surface area contributed by atoms with E-state index in [2.05, 4.69) is 10.3 Å². The number of ether oxygens (including phenoxy) is 1. The summed E-state index contributed by atoms with van der Waals surface area (Å²) in [5.74, 6) is 0.852. The lowest BCUT2D eigenvalue weighted by molar-refractivity contribution is -0.118. The first-order valence-electron chi connectivity index (χ1n) is 7.32. The molecule has 2 rings (SSSR count). The minimum atomic E-state index is -1.36. The molecule has 6 nitrogen and oxygen atoms in total. The van der Waals surface area contributed by atoms with E-state index in [4.69, 9.17) is 20.8 Å². The number of halogens is 1. The van der Waals surface area contributed by atoms with E-state index < -0.39 is 10.8 Å². The van der Waals surface area contributed by atoms with E-state index in [-0.39, 0.29) is 17.4 Å². The maximum Gasteiger partial charge on any atom is 0.232 e. The molecule has 0 aliphatic carbocycles. The number of amides is 1. The topological polar surface area (TPSA) is 81.4 Å². The Kier molecular flexibility index (Phi) is 6.96. The normalized spacial score (nSPS) is 12.1. The van der Waals surface area contributed by atoms with Crippen LogP contribution in [-0.2, 0) is 26.1 Å². The van der Waals surface area contributed by atoms with Crippen LogP contribution in [0, 0.1) is 6.92 Å². The van der Waals surface area contributed by atoms with Crippen molar-refractivity contribution in [2.45, 2.75) is 12.7 Å². The summed E-state index contributed by atoms with van der Waals surface area (Å²) in [6.07, 6.45) is 0. The van der Waals surface area contributed by atoms with Gasteiger partial charge in [-0.05, 0) is 31.2 Å². The largest absolute Gasteiger partial charge is 0.441 e. The molecule has 0 saturated heterocycles. The van der Waals surface area contributed by atoms with E-state index in [1.807, 2.05) is 0 Å². The van der Waals surface area contributed by atoms with Gasteiger partial charge in [0.1, 0.15) is 11.5 Å². The monoisotopic (exact) mass is 370 g/mol. The van der Waals surface area contributed by atoms with Crippen molar-refractivity contribution in [1.82, 2.24) is 10.3 Å². The van der Waals surface area contributed by atoms with Gasteiger partial charge in [0.2, 0.25) is 11.8 Å². The van der Waals surface area contributed by atoms with E-state index in [1.165, 1.54) is 0 Å². The first-order valence-corrected chi connectivity index (χ1v) is 9.19. The molecular weight excluding hydrogens is 352 g/mol. The number of nitrogens with one attached hydrogen (secondary N) is 1. The summed E-state index contributed by atoms with van der Waals surface area (Å²) >= 11 is 5.86. The number of carbonyl (C=O) groups is 1. The molecule has 1 amide bonds. The van der Waals surface area contributed by atoms with Gasteiger partial charge < -0.3 is 14.5 Å². The summed E-state index contributed by atoms with van der Waals surface area (Å²) in [6, 6.07) is 7.10. The minimum Gasteiger partial charge on any atom is -0.441 e. The Balaban J connectivity index is 1.96. The molecule has 0 saturated carbocycles. The lowest BCUT2D eigenvalue weighted by Gasteiger charge is -2.03. The zero-order chi connectivity index (χ0) is 17.5. The minimum absolute atomic E-state index is 0.0771. The quantitative estimate of drug-likeness (QED) is 0.721. The van der Waals surface area contributed by atoms with Crippen LogP contribution in [-0.4, -0.2) is 41.1 Å². The van der Waals surface area contributed by atoms with Crippen molar-refractivity contribution in [2.24, 2.45) is 0 Å². The van der Waals surface area contributed by atoms with Crippen molar-refractivity contribution in [3.63, 3.8) is 0 Å². The highest BCUT2D eigenvalue weighted by molar-refractivity contribution is 7.84. The Bertz CT molecular complexity index is 715. The van der Waals surface area contributed by atoms with E-state index in [0.717, 1.165) is 5.56 Å². The summed E-state index contributed by atoms with van der Waals surface area (Å²) in [5.41, 5.74) is 1.37. The summed E-state index contributed by atoms with van der Waals surface area (Å²) in [4.78, 5) is 16.0. The van der Waals surface area contributed by atoms with E-state index in [9.17, 15) is 9.00 Å². The van der Waals surface area contributed by atoms with Crippen molar-refractivity contribution in [3.05, 3.63) is 40.7 Å². The molecule has 8 heteroatoms. The number of nitrogens with zero attached hydrogens (tertiary/aromatic N) is 1. The molecule has 0 spiro atoms. The van der Waals surface area contributed by atoms with Crippen LogP contribution in [0.5, 0.6) is 0 Å². The fraction of sp³-hybridized carbons (Fsp3) is 0.375. The molecule has 1 N–H and O–H groups in total. The SMILES string of the molecule is COCCNC(=O)C[S@](=O)Cc1nc(-c2ccc(Cl)cc2)oc1C. The molecule has 1 atom stereocenters. The fourth-order valence-corrected chi connectivity index (χ4v) is 3.17. The average Bonchev–Trinajstić information content (AvgIpc) is 2.89. The van der Waals surface area contributed by atoms with Crippen LogP contribution in [0.15, 0.2) is 28.7 Å². The highest BCUT2D eigenvalue weighted by atomic mass is 35.5. The Morgan fingerprint density at radius 3 is 2.75 bits per heavy atom. The van der Waals surface area contributed by atoms with Crippen LogP contribution < -0.4 is 5.32 Å². The van der Waals surface area contributed by atoms with Crippen molar-refractivity contribution < 1.29 is 18.2 Å². The number of carbonyl (C=O) groups excluding carboxylic acids is 1. The number of methoxy groups -OCH3 is 1. The molecular formula is C16H19ClN2O4S. The first-order chi connectivity index (χ1) is 11.5. The van der Waals surface area contributed by atoms with Gasteiger partial charge in [-0.1, -0.05) is 11.6 Å². The number of rotatable bonds is 8. The third-order valence-electron chi connectivity index (χ3n) is 3.20. The molecule has 130 valence electrons. The fourth-order valence-electron chi connectivity index (χ4n) is 1.97. The van der Waals surface area contributed by atoms with E-state index in [1.54, 1.807) is 38.3 Å². The van der Waals surface area contributed by atoms with Gasteiger partial charge in [0.15, 0.2) is 0 Å². The van der Waals surface area contributed by atoms with Crippen LogP contribution in [0.1, 0.15) is 11.5 Å². The van der Waals surface area contributed by atoms with Gasteiger partial charge >= 0.3 is 0 Å². The molecule has 1 aromatic carbocycles. The zero-order valence-corrected chi connectivity index (χ0v) is 15.1. The first kappa shape index (κ1) is 18.6. The molecule has 0 radical (unpaired) electrons. The van der Waals surface area contributed by atoms with E-state index >= 15 is 0 Å². The molecule has 1 aromatic heterocycles. The van der Waals surface area contributed by atoms with Gasteiger partial charge in [0.25, 0.3) is 0 Å². The van der Waals surface area contributed by atoms with Gasteiger partial charge in [-0.3, -0.25) is 9.00 Å². The van der Waals surface area contributed by atoms with Crippen LogP contribution in [0.3, 0.4) is 0 Å². The second-order valence-electron chi connectivity index (χ2n) is 5.10. The van der Waals surface area contributed by atoms with Gasteiger partial charge in [-0.2, -0.15) is 0 Å². The molecule has 24 heavy (non-hydrogen) atoms. The highest BCUT2D eigenvalue weighted by Crippen LogP contribution is 2.23. The van der Waals surface area contributed by atoms with E-state index in [0.29, 0.717) is 35.5 Å². The molecule has 2 aromatic rings. The number of oxazole rings is 1. The summed E-state index contributed by atoms with van der Waals surface area (Å²) in [6.45, 7) is 2.58. The molecule has 0 aliphatic rings. The highest BCUT2D eigenvalue weighted by Gasteiger charge is 2.16. The Morgan fingerprint density at radius 1 is 1.38 bits per heavy atom. The third kappa shape index (κ3) is 5.43. The average molecular weight is 371 g/mol. The Labute approximate surface area is 148 Å². The summed E-state index contributed by atoms with van der Waals surface area (Å²) in [7, 11) is 0.192. The molecule has 0 fully saturated rings. The van der Waals surface area contributed by atoms with Gasteiger partial charge in [-0.15, -0.1) is 0 Å². The maximum atomic E-state index is 12.1. The predicted molar refractivity (Wildman–Crippen MR) is 93.3 cm³/mol. The van der Waals surface area contributed by atoms with Crippen molar-refractivity contribution in [3.8, 4) is 11.5 Å². The van der Waals surface area contributed by atoms with Crippen LogP contribution >= 0.6 is 11.6 Å². The van der Waals surface area contributed by atoms with Crippen molar-refractivity contribution in [1.29, 1.82) is 0 Å². The predicted octanol–water partition coefficient (Wildman–Crippen LogP) is 2.31. The second kappa shape index (κ2) is 8.96. The second-order valence-corrected chi connectivity index (χ2v) is 6.99. The number of hydrogen-bond acceptors (Lipinski definition) is 5. The summed E-state index contributed by atoms with van der Waals surface area (Å²) in [5, 5.41) is 3.27. The van der Waals surface area contributed by atoms with Gasteiger partial charge in [0.05, 0.1) is 18.1 Å².